The molecule has 0 bridgehead atoms. The van der Waals surface area contributed by atoms with Gasteiger partial charge in [0.1, 0.15) is 0 Å². The van der Waals surface area contributed by atoms with Gasteiger partial charge >= 0.3 is 12.1 Å². The van der Waals surface area contributed by atoms with Crippen LogP contribution in [0.5, 0.6) is 0 Å². The quantitative estimate of drug-likeness (QED) is 0.728. The van der Waals surface area contributed by atoms with Gasteiger partial charge < -0.3 is 15.4 Å². The Kier molecular flexibility index (Phi) is 6.57. The normalized spacial score (nSPS) is 10.9. The molecule has 1 heterocycles. The maximum absolute atomic E-state index is 12.6. The molecule has 2 aromatic rings. The van der Waals surface area contributed by atoms with Gasteiger partial charge in [-0.25, -0.2) is 9.78 Å². The van der Waals surface area contributed by atoms with Gasteiger partial charge in [-0.2, -0.15) is 13.2 Å². The van der Waals surface area contributed by atoms with E-state index in [0.717, 1.165) is 0 Å². The van der Waals surface area contributed by atoms with Crippen molar-refractivity contribution in [3.8, 4) is 0 Å². The number of rotatable bonds is 5. The molecule has 0 spiro atoms. The second-order valence-electron chi connectivity index (χ2n) is 5.44. The number of nitrogens with one attached hydrogen (secondary N) is 2. The van der Waals surface area contributed by atoms with Crippen molar-refractivity contribution in [2.45, 2.75) is 13.1 Å². The number of carbonyl (C=O) groups excluding carboxylic acids is 3. The molecule has 0 unspecified atom stereocenters. The summed E-state index contributed by atoms with van der Waals surface area (Å²) >= 11 is 5.67. The van der Waals surface area contributed by atoms with Crippen LogP contribution in [0.15, 0.2) is 36.5 Å². The number of esters is 1. The van der Waals surface area contributed by atoms with Gasteiger partial charge in [0.15, 0.2) is 12.4 Å². The van der Waals surface area contributed by atoms with Crippen LogP contribution in [0.2, 0.25) is 5.02 Å². The van der Waals surface area contributed by atoms with Crippen molar-refractivity contribution in [1.29, 1.82) is 0 Å². The number of nitrogens with zero attached hydrogens (tertiary/aromatic N) is 1. The molecule has 0 saturated heterocycles. The molecular formula is C17H13ClF3N3O4. The Labute approximate surface area is 161 Å². The minimum atomic E-state index is -4.62. The monoisotopic (exact) mass is 415 g/mol. The molecule has 1 aromatic heterocycles. The lowest BCUT2D eigenvalue weighted by Gasteiger charge is -2.10. The number of halogens is 4. The van der Waals surface area contributed by atoms with E-state index in [-0.39, 0.29) is 17.3 Å². The Balaban J connectivity index is 1.91. The Hall–Kier alpha value is -3.14. The van der Waals surface area contributed by atoms with Crippen molar-refractivity contribution in [2.24, 2.45) is 0 Å². The van der Waals surface area contributed by atoms with E-state index in [0.29, 0.717) is 18.0 Å². The van der Waals surface area contributed by atoms with Crippen LogP contribution in [0.3, 0.4) is 0 Å². The van der Waals surface area contributed by atoms with Crippen molar-refractivity contribution in [3.63, 3.8) is 0 Å². The van der Waals surface area contributed by atoms with E-state index < -0.39 is 35.2 Å². The highest BCUT2D eigenvalue weighted by Gasteiger charge is 2.31. The molecule has 28 heavy (non-hydrogen) atoms. The fraction of sp³-hybridized carbons (Fsp3) is 0.176. The van der Waals surface area contributed by atoms with Crippen molar-refractivity contribution in [3.05, 3.63) is 52.7 Å². The highest BCUT2D eigenvalue weighted by Crippen LogP contribution is 2.32. The lowest BCUT2D eigenvalue weighted by Crippen LogP contribution is -2.22. The first kappa shape index (κ1) is 21.2. The van der Waals surface area contributed by atoms with Gasteiger partial charge in [0.05, 0.1) is 16.1 Å². The minimum Gasteiger partial charge on any atom is -0.452 e. The predicted molar refractivity (Wildman–Crippen MR) is 93.9 cm³/mol. The van der Waals surface area contributed by atoms with Gasteiger partial charge in [-0.15, -0.1) is 0 Å². The molecule has 0 atom stereocenters. The summed E-state index contributed by atoms with van der Waals surface area (Å²) in [7, 11) is 0. The summed E-state index contributed by atoms with van der Waals surface area (Å²) in [5.74, 6) is -2.22. The molecule has 0 saturated carbocycles. The number of ether oxygens (including phenoxy) is 1. The van der Waals surface area contributed by atoms with Crippen LogP contribution in [0, 0.1) is 0 Å². The first-order valence-electron chi connectivity index (χ1n) is 7.63. The molecule has 11 heteroatoms. The summed E-state index contributed by atoms with van der Waals surface area (Å²) in [6.07, 6.45) is -4.10. The maximum Gasteiger partial charge on any atom is 0.417 e. The maximum atomic E-state index is 12.6. The van der Waals surface area contributed by atoms with Gasteiger partial charge in [-0.05, 0) is 30.3 Å². The van der Waals surface area contributed by atoms with Gasteiger partial charge in [-0.1, -0.05) is 11.6 Å². The van der Waals surface area contributed by atoms with E-state index in [1.54, 1.807) is 0 Å². The topological polar surface area (TPSA) is 97.4 Å². The standard InChI is InChI=1S/C17H13ClF3N3O4/c1-9(25)23-12-4-2-10(3-5-12)16(27)28-8-14(26)24-15-13(18)6-11(7-22-15)17(19,20)21/h2-7H,8H2,1H3,(H,23,25)(H,22,24,26). The SMILES string of the molecule is CC(=O)Nc1ccc(C(=O)OCC(=O)Nc2ncc(C(F)(F)F)cc2Cl)cc1. The Morgan fingerprint density at radius 3 is 2.32 bits per heavy atom. The van der Waals surface area contributed by atoms with Gasteiger partial charge in [0.2, 0.25) is 5.91 Å². The molecular weight excluding hydrogens is 403 g/mol. The van der Waals surface area contributed by atoms with Gasteiger partial charge in [0, 0.05) is 18.8 Å². The van der Waals surface area contributed by atoms with E-state index >= 15 is 0 Å². The molecule has 7 nitrogen and oxygen atoms in total. The van der Waals surface area contributed by atoms with Gasteiger partial charge in [-0.3, -0.25) is 9.59 Å². The van der Waals surface area contributed by atoms with E-state index in [2.05, 4.69) is 15.6 Å². The first-order chi connectivity index (χ1) is 13.1. The molecule has 1 aromatic carbocycles. The van der Waals surface area contributed by atoms with Gasteiger partial charge in [0.25, 0.3) is 5.91 Å². The summed E-state index contributed by atoms with van der Waals surface area (Å²) in [6.45, 7) is 0.629. The minimum absolute atomic E-state index is 0.132. The van der Waals surface area contributed by atoms with Crippen molar-refractivity contribution in [2.75, 3.05) is 17.2 Å². The van der Waals surface area contributed by atoms with Crippen LogP contribution < -0.4 is 10.6 Å². The number of hydrogen-bond donors (Lipinski definition) is 2. The largest absolute Gasteiger partial charge is 0.452 e. The lowest BCUT2D eigenvalue weighted by molar-refractivity contribution is -0.137. The molecule has 2 rings (SSSR count). The predicted octanol–water partition coefficient (Wildman–Crippen LogP) is 3.51. The van der Waals surface area contributed by atoms with Crippen LogP contribution in [-0.4, -0.2) is 29.4 Å². The van der Waals surface area contributed by atoms with Crippen molar-refractivity contribution >= 4 is 40.9 Å². The summed E-state index contributed by atoms with van der Waals surface area (Å²) < 4.78 is 42.5. The highest BCUT2D eigenvalue weighted by atomic mass is 35.5. The summed E-state index contributed by atoms with van der Waals surface area (Å²) in [4.78, 5) is 38.1. The first-order valence-corrected chi connectivity index (χ1v) is 8.01. The van der Waals surface area contributed by atoms with E-state index in [1.807, 2.05) is 0 Å². The third-order valence-corrected chi connectivity index (χ3v) is 3.49. The number of benzene rings is 1. The number of alkyl halides is 3. The second kappa shape index (κ2) is 8.70. The zero-order valence-electron chi connectivity index (χ0n) is 14.3. The summed E-state index contributed by atoms with van der Waals surface area (Å²) in [6, 6.07) is 6.35. The van der Waals surface area contributed by atoms with Crippen LogP contribution in [0.1, 0.15) is 22.8 Å². The Bertz CT molecular complexity index is 902. The van der Waals surface area contributed by atoms with E-state index in [4.69, 9.17) is 16.3 Å². The summed E-state index contributed by atoms with van der Waals surface area (Å²) in [5, 5.41) is 4.26. The number of pyridine rings is 1. The molecule has 148 valence electrons. The number of amides is 2. The van der Waals surface area contributed by atoms with Crippen molar-refractivity contribution in [1.82, 2.24) is 4.98 Å². The number of carbonyl (C=O) groups is 3. The summed E-state index contributed by atoms with van der Waals surface area (Å²) in [5.41, 5.74) is -0.456. The smallest absolute Gasteiger partial charge is 0.417 e. The average Bonchev–Trinajstić information content (AvgIpc) is 2.60. The van der Waals surface area contributed by atoms with Crippen LogP contribution in [-0.2, 0) is 20.5 Å². The highest BCUT2D eigenvalue weighted by molar-refractivity contribution is 6.33. The molecule has 0 fully saturated rings. The number of anilines is 2. The fourth-order valence-corrected chi connectivity index (χ4v) is 2.17. The van der Waals surface area contributed by atoms with Crippen molar-refractivity contribution < 1.29 is 32.3 Å². The van der Waals surface area contributed by atoms with Crippen LogP contribution >= 0.6 is 11.6 Å². The zero-order chi connectivity index (χ0) is 20.9. The van der Waals surface area contributed by atoms with Crippen LogP contribution in [0.4, 0.5) is 24.7 Å². The van der Waals surface area contributed by atoms with E-state index in [9.17, 15) is 27.6 Å². The third kappa shape index (κ3) is 5.95. The molecule has 0 aliphatic rings. The molecule has 2 N–H and O–H groups in total. The third-order valence-electron chi connectivity index (χ3n) is 3.20. The number of aromatic nitrogens is 1. The molecule has 0 aliphatic carbocycles. The van der Waals surface area contributed by atoms with E-state index in [1.165, 1.54) is 31.2 Å². The average molecular weight is 416 g/mol. The molecule has 0 radical (unpaired) electrons. The molecule has 0 aliphatic heterocycles. The molecule has 2 amide bonds. The zero-order valence-corrected chi connectivity index (χ0v) is 15.0. The number of hydrogen-bond acceptors (Lipinski definition) is 5. The Morgan fingerprint density at radius 1 is 1.14 bits per heavy atom. The Morgan fingerprint density at radius 2 is 1.79 bits per heavy atom. The fourth-order valence-electron chi connectivity index (χ4n) is 1.96. The second-order valence-corrected chi connectivity index (χ2v) is 5.84. The van der Waals surface area contributed by atoms with Crippen LogP contribution in [0.25, 0.3) is 0 Å². The lowest BCUT2D eigenvalue weighted by atomic mass is 10.2.